The second kappa shape index (κ2) is 4.55. The van der Waals surface area contributed by atoms with Gasteiger partial charge in [-0.15, -0.1) is 0 Å². The summed E-state index contributed by atoms with van der Waals surface area (Å²) >= 11 is 3.52. The first-order valence-corrected chi connectivity index (χ1v) is 5.01. The maximum atomic E-state index is 4.25. The van der Waals surface area contributed by atoms with Gasteiger partial charge in [-0.25, -0.2) is 0 Å². The Kier molecular flexibility index (Phi) is 3.66. The molecule has 0 aromatic carbocycles. The Hall–Kier alpha value is -0.440. The number of alkyl halides is 1. The summed E-state index contributed by atoms with van der Waals surface area (Å²) in [5.41, 5.74) is 1.07. The van der Waals surface area contributed by atoms with Gasteiger partial charge in [-0.05, 0) is 6.42 Å². The van der Waals surface area contributed by atoms with Gasteiger partial charge in [0.15, 0.2) is 0 Å². The van der Waals surface area contributed by atoms with Gasteiger partial charge in [0.25, 0.3) is 0 Å². The first kappa shape index (κ1) is 9.65. The number of rotatable bonds is 3. The Morgan fingerprint density at radius 1 is 1.42 bits per heavy atom. The zero-order valence-corrected chi connectivity index (χ0v) is 8.95. The Labute approximate surface area is 81.6 Å². The molecule has 12 heavy (non-hydrogen) atoms. The molecule has 2 unspecified atom stereocenters. The topological polar surface area (TPSA) is 25.8 Å². The summed E-state index contributed by atoms with van der Waals surface area (Å²) in [5, 5.41) is 0. The fourth-order valence-corrected chi connectivity index (χ4v) is 1.73. The Balaban J connectivity index is 2.59. The predicted octanol–water partition coefficient (Wildman–Crippen LogP) is 2.75. The smallest absolute Gasteiger partial charge is 0.0615 e. The molecule has 0 amide bonds. The zero-order chi connectivity index (χ0) is 8.97. The predicted molar refractivity (Wildman–Crippen MR) is 53.5 cm³/mol. The van der Waals surface area contributed by atoms with Crippen molar-refractivity contribution in [3.05, 3.63) is 24.3 Å². The van der Waals surface area contributed by atoms with Crippen LogP contribution in [0.1, 0.15) is 31.9 Å². The monoisotopic (exact) mass is 228 g/mol. The second-order valence-corrected chi connectivity index (χ2v) is 4.61. The molecule has 0 aliphatic carbocycles. The van der Waals surface area contributed by atoms with Gasteiger partial charge < -0.3 is 0 Å². The van der Waals surface area contributed by atoms with Crippen molar-refractivity contribution in [1.82, 2.24) is 9.97 Å². The Morgan fingerprint density at radius 2 is 2.17 bits per heavy atom. The highest BCUT2D eigenvalue weighted by Crippen LogP contribution is 2.20. The lowest BCUT2D eigenvalue weighted by Gasteiger charge is -2.10. The third-order valence-electron chi connectivity index (χ3n) is 1.77. The van der Waals surface area contributed by atoms with Crippen molar-refractivity contribution < 1.29 is 0 Å². The Bertz CT molecular complexity index is 223. The first-order valence-electron chi connectivity index (χ1n) is 4.10. The van der Waals surface area contributed by atoms with Gasteiger partial charge in [0.05, 0.1) is 5.69 Å². The molecule has 0 aliphatic heterocycles. The summed E-state index contributed by atoms with van der Waals surface area (Å²) in [6.07, 6.45) is 6.37. The van der Waals surface area contributed by atoms with Crippen molar-refractivity contribution in [1.29, 1.82) is 0 Å². The van der Waals surface area contributed by atoms with Crippen LogP contribution in [0.2, 0.25) is 0 Å². The van der Waals surface area contributed by atoms with Gasteiger partial charge in [0.2, 0.25) is 0 Å². The molecule has 0 spiro atoms. The first-order chi connectivity index (χ1) is 5.70. The highest BCUT2D eigenvalue weighted by molar-refractivity contribution is 9.09. The van der Waals surface area contributed by atoms with E-state index in [0.717, 1.165) is 12.1 Å². The molecular weight excluding hydrogens is 216 g/mol. The molecule has 66 valence electrons. The van der Waals surface area contributed by atoms with Gasteiger partial charge in [0, 0.05) is 29.3 Å². The third-order valence-corrected chi connectivity index (χ3v) is 2.14. The molecule has 0 N–H and O–H groups in total. The van der Waals surface area contributed by atoms with Crippen LogP contribution in [-0.2, 0) is 0 Å². The van der Waals surface area contributed by atoms with Crippen LogP contribution in [0.3, 0.4) is 0 Å². The van der Waals surface area contributed by atoms with Crippen molar-refractivity contribution in [2.45, 2.75) is 31.0 Å². The number of nitrogens with zero attached hydrogens (tertiary/aromatic N) is 2. The average Bonchev–Trinajstić information content (AvgIpc) is 2.05. The van der Waals surface area contributed by atoms with Gasteiger partial charge in [-0.1, -0.05) is 29.8 Å². The fourth-order valence-electron chi connectivity index (χ4n) is 1.17. The van der Waals surface area contributed by atoms with Crippen LogP contribution >= 0.6 is 15.9 Å². The molecule has 0 radical (unpaired) electrons. The summed E-state index contributed by atoms with van der Waals surface area (Å²) in [6, 6.07) is 0. The van der Waals surface area contributed by atoms with E-state index in [1.807, 2.05) is 6.20 Å². The summed E-state index contributed by atoms with van der Waals surface area (Å²) in [6.45, 7) is 4.31. The molecule has 0 bridgehead atoms. The van der Waals surface area contributed by atoms with Crippen LogP contribution in [0.15, 0.2) is 18.6 Å². The molecule has 0 saturated heterocycles. The summed E-state index contributed by atoms with van der Waals surface area (Å²) in [4.78, 5) is 8.82. The molecule has 1 rings (SSSR count). The Morgan fingerprint density at radius 3 is 2.67 bits per heavy atom. The number of hydrogen-bond acceptors (Lipinski definition) is 2. The van der Waals surface area contributed by atoms with Crippen LogP contribution in [0.4, 0.5) is 0 Å². The van der Waals surface area contributed by atoms with E-state index < -0.39 is 0 Å². The molecule has 1 heterocycles. The van der Waals surface area contributed by atoms with E-state index in [0.29, 0.717) is 10.7 Å². The van der Waals surface area contributed by atoms with Gasteiger partial charge in [-0.3, -0.25) is 9.97 Å². The summed E-state index contributed by atoms with van der Waals surface area (Å²) < 4.78 is 0. The minimum atomic E-state index is 0.480. The van der Waals surface area contributed by atoms with E-state index >= 15 is 0 Å². The highest BCUT2D eigenvalue weighted by atomic mass is 79.9. The van der Waals surface area contributed by atoms with E-state index in [-0.39, 0.29) is 0 Å². The lowest BCUT2D eigenvalue weighted by atomic mass is 10.0. The summed E-state index contributed by atoms with van der Waals surface area (Å²) in [7, 11) is 0. The van der Waals surface area contributed by atoms with Crippen LogP contribution in [0.5, 0.6) is 0 Å². The van der Waals surface area contributed by atoms with Gasteiger partial charge in [-0.2, -0.15) is 0 Å². The number of aromatic nitrogens is 2. The molecule has 2 nitrogen and oxygen atoms in total. The maximum Gasteiger partial charge on any atom is 0.0615 e. The zero-order valence-electron chi connectivity index (χ0n) is 7.37. The van der Waals surface area contributed by atoms with Gasteiger partial charge >= 0.3 is 0 Å². The molecule has 1 aromatic heterocycles. The molecule has 0 saturated carbocycles. The van der Waals surface area contributed by atoms with E-state index in [1.165, 1.54) is 0 Å². The molecule has 0 fully saturated rings. The lowest BCUT2D eigenvalue weighted by Crippen LogP contribution is -2.02. The largest absolute Gasteiger partial charge is 0.261 e. The quantitative estimate of drug-likeness (QED) is 0.744. The average molecular weight is 229 g/mol. The van der Waals surface area contributed by atoms with Gasteiger partial charge in [0.1, 0.15) is 0 Å². The van der Waals surface area contributed by atoms with Crippen molar-refractivity contribution >= 4 is 15.9 Å². The normalized spacial score (nSPS) is 15.6. The van der Waals surface area contributed by atoms with E-state index in [1.54, 1.807) is 12.4 Å². The van der Waals surface area contributed by atoms with Crippen molar-refractivity contribution in [2.24, 2.45) is 0 Å². The van der Waals surface area contributed by atoms with Crippen LogP contribution in [0, 0.1) is 0 Å². The minimum absolute atomic E-state index is 0.480. The minimum Gasteiger partial charge on any atom is -0.261 e. The molecule has 2 atom stereocenters. The van der Waals surface area contributed by atoms with Crippen LogP contribution in [-0.4, -0.2) is 14.8 Å². The highest BCUT2D eigenvalue weighted by Gasteiger charge is 2.09. The number of hydrogen-bond donors (Lipinski definition) is 0. The standard InChI is InChI=1S/C9H13BrN2/c1-7(5-8(2)10)9-6-11-3-4-12-9/h3-4,6-8H,5H2,1-2H3. The van der Waals surface area contributed by atoms with Crippen molar-refractivity contribution in [2.75, 3.05) is 0 Å². The van der Waals surface area contributed by atoms with Crippen molar-refractivity contribution in [3.63, 3.8) is 0 Å². The molecule has 3 heteroatoms. The van der Waals surface area contributed by atoms with Crippen LogP contribution in [0.25, 0.3) is 0 Å². The SMILES string of the molecule is CC(Br)CC(C)c1cnccn1. The second-order valence-electron chi connectivity index (χ2n) is 3.05. The number of halogens is 1. The molecule has 1 aromatic rings. The van der Waals surface area contributed by atoms with Crippen LogP contribution < -0.4 is 0 Å². The maximum absolute atomic E-state index is 4.25. The third kappa shape index (κ3) is 2.89. The summed E-state index contributed by atoms with van der Waals surface area (Å²) in [5.74, 6) is 0.480. The molecular formula is C9H13BrN2. The molecule has 0 aliphatic rings. The van der Waals surface area contributed by atoms with E-state index in [4.69, 9.17) is 0 Å². The van der Waals surface area contributed by atoms with Crippen molar-refractivity contribution in [3.8, 4) is 0 Å². The lowest BCUT2D eigenvalue weighted by molar-refractivity contribution is 0.659. The van der Waals surface area contributed by atoms with E-state index in [9.17, 15) is 0 Å². The van der Waals surface area contributed by atoms with E-state index in [2.05, 4.69) is 39.7 Å². The fraction of sp³-hybridized carbons (Fsp3) is 0.556.